The number of carbonyl (C=O) groups excluding carboxylic acids is 2. The Morgan fingerprint density at radius 1 is 1.19 bits per heavy atom. The summed E-state index contributed by atoms with van der Waals surface area (Å²) in [6, 6.07) is 8.68. The SMILES string of the molecule is CCC(C)C(NC(=O)c1ccc(-c2ccc3c(c2)OCCO3)s1)C(N)=O. The maximum Gasteiger partial charge on any atom is 0.262 e. The number of nitrogens with two attached hydrogens (primary N) is 1. The third-order valence-electron chi connectivity index (χ3n) is 4.46. The van der Waals surface area contributed by atoms with E-state index in [2.05, 4.69) is 5.32 Å². The van der Waals surface area contributed by atoms with Crippen molar-refractivity contribution in [2.75, 3.05) is 13.2 Å². The van der Waals surface area contributed by atoms with Crippen LogP contribution >= 0.6 is 11.3 Å². The Balaban J connectivity index is 1.77. The van der Waals surface area contributed by atoms with Crippen LogP contribution in [-0.2, 0) is 4.79 Å². The van der Waals surface area contributed by atoms with Gasteiger partial charge in [-0.25, -0.2) is 0 Å². The van der Waals surface area contributed by atoms with Crippen LogP contribution in [0.25, 0.3) is 10.4 Å². The number of fused-ring (bicyclic) bond motifs is 1. The smallest absolute Gasteiger partial charge is 0.262 e. The molecular weight excluding hydrogens is 352 g/mol. The van der Waals surface area contributed by atoms with Crippen molar-refractivity contribution >= 4 is 23.2 Å². The minimum atomic E-state index is -0.674. The van der Waals surface area contributed by atoms with E-state index < -0.39 is 11.9 Å². The number of nitrogens with one attached hydrogen (secondary N) is 1. The molecule has 26 heavy (non-hydrogen) atoms. The molecule has 138 valence electrons. The van der Waals surface area contributed by atoms with Crippen LogP contribution in [0.3, 0.4) is 0 Å². The van der Waals surface area contributed by atoms with Crippen molar-refractivity contribution in [2.45, 2.75) is 26.3 Å². The normalized spacial score (nSPS) is 15.2. The third kappa shape index (κ3) is 3.83. The maximum atomic E-state index is 12.5. The zero-order valence-corrected chi connectivity index (χ0v) is 15.6. The van der Waals surface area contributed by atoms with Crippen molar-refractivity contribution in [1.82, 2.24) is 5.32 Å². The van der Waals surface area contributed by atoms with E-state index >= 15 is 0 Å². The Morgan fingerprint density at radius 3 is 2.62 bits per heavy atom. The molecule has 3 N–H and O–H groups in total. The molecule has 0 radical (unpaired) electrons. The topological polar surface area (TPSA) is 90.7 Å². The van der Waals surface area contributed by atoms with Crippen molar-refractivity contribution in [3.8, 4) is 21.9 Å². The van der Waals surface area contributed by atoms with Crippen molar-refractivity contribution in [1.29, 1.82) is 0 Å². The van der Waals surface area contributed by atoms with E-state index in [-0.39, 0.29) is 11.8 Å². The van der Waals surface area contributed by atoms with E-state index in [9.17, 15) is 9.59 Å². The first kappa shape index (κ1) is 18.3. The molecule has 1 aromatic carbocycles. The van der Waals surface area contributed by atoms with Gasteiger partial charge in [-0.2, -0.15) is 0 Å². The molecule has 0 fully saturated rings. The Kier molecular flexibility index (Phi) is 5.46. The summed E-state index contributed by atoms with van der Waals surface area (Å²) in [5.74, 6) is 0.610. The highest BCUT2D eigenvalue weighted by Gasteiger charge is 2.25. The summed E-state index contributed by atoms with van der Waals surface area (Å²) in [5.41, 5.74) is 6.38. The molecule has 0 saturated heterocycles. The molecule has 2 aromatic rings. The fourth-order valence-corrected chi connectivity index (χ4v) is 3.66. The van der Waals surface area contributed by atoms with Crippen molar-refractivity contribution in [3.63, 3.8) is 0 Å². The van der Waals surface area contributed by atoms with Crippen LogP contribution in [0.2, 0.25) is 0 Å². The second kappa shape index (κ2) is 7.78. The Hall–Kier alpha value is -2.54. The molecule has 6 nitrogen and oxygen atoms in total. The van der Waals surface area contributed by atoms with Gasteiger partial charge in [-0.3, -0.25) is 9.59 Å². The number of benzene rings is 1. The van der Waals surface area contributed by atoms with Crippen LogP contribution in [0.5, 0.6) is 11.5 Å². The molecule has 0 bridgehead atoms. The Morgan fingerprint density at radius 2 is 1.92 bits per heavy atom. The quantitative estimate of drug-likeness (QED) is 0.813. The maximum absolute atomic E-state index is 12.5. The molecule has 7 heteroatoms. The molecule has 1 aliphatic rings. The van der Waals surface area contributed by atoms with Gasteiger partial charge in [-0.05, 0) is 41.8 Å². The summed E-state index contributed by atoms with van der Waals surface area (Å²) in [7, 11) is 0. The van der Waals surface area contributed by atoms with E-state index in [4.69, 9.17) is 15.2 Å². The van der Waals surface area contributed by atoms with Gasteiger partial charge in [-0.15, -0.1) is 11.3 Å². The van der Waals surface area contributed by atoms with Crippen LogP contribution < -0.4 is 20.5 Å². The van der Waals surface area contributed by atoms with Gasteiger partial charge in [0.25, 0.3) is 5.91 Å². The number of hydrogen-bond donors (Lipinski definition) is 2. The fraction of sp³-hybridized carbons (Fsp3) is 0.368. The second-order valence-electron chi connectivity index (χ2n) is 6.26. The lowest BCUT2D eigenvalue weighted by atomic mass is 9.98. The summed E-state index contributed by atoms with van der Waals surface area (Å²) in [5, 5.41) is 2.75. The molecule has 2 amide bonds. The number of ether oxygens (including phenoxy) is 2. The zero-order chi connectivity index (χ0) is 18.7. The van der Waals surface area contributed by atoms with Gasteiger partial charge in [0.1, 0.15) is 19.3 Å². The number of amides is 2. The van der Waals surface area contributed by atoms with Gasteiger partial charge in [0.05, 0.1) is 4.88 Å². The lowest BCUT2D eigenvalue weighted by Gasteiger charge is -2.20. The predicted octanol–water partition coefficient (Wildman–Crippen LogP) is 2.82. The van der Waals surface area contributed by atoms with Crippen molar-refractivity contribution in [2.24, 2.45) is 11.7 Å². The monoisotopic (exact) mass is 374 g/mol. The summed E-state index contributed by atoms with van der Waals surface area (Å²) < 4.78 is 11.1. The molecule has 2 unspecified atom stereocenters. The average Bonchev–Trinajstić information content (AvgIpc) is 3.15. The summed E-state index contributed by atoms with van der Waals surface area (Å²) in [4.78, 5) is 25.6. The minimum Gasteiger partial charge on any atom is -0.486 e. The van der Waals surface area contributed by atoms with Gasteiger partial charge < -0.3 is 20.5 Å². The fourth-order valence-electron chi connectivity index (χ4n) is 2.75. The van der Waals surface area contributed by atoms with Crippen LogP contribution in [-0.4, -0.2) is 31.1 Å². The van der Waals surface area contributed by atoms with Gasteiger partial charge in [0.2, 0.25) is 5.91 Å². The van der Waals surface area contributed by atoms with E-state index in [1.807, 2.05) is 38.1 Å². The number of carbonyl (C=O) groups is 2. The number of rotatable bonds is 6. The number of primary amides is 1. The van der Waals surface area contributed by atoms with Crippen molar-refractivity contribution < 1.29 is 19.1 Å². The summed E-state index contributed by atoms with van der Waals surface area (Å²) in [6.45, 7) is 4.92. The first-order valence-corrected chi connectivity index (χ1v) is 9.41. The largest absolute Gasteiger partial charge is 0.486 e. The predicted molar refractivity (Wildman–Crippen MR) is 101 cm³/mol. The standard InChI is InChI=1S/C19H22N2O4S/c1-3-11(2)17(18(20)22)21-19(23)16-7-6-15(26-16)12-4-5-13-14(10-12)25-9-8-24-13/h4-7,10-11,17H,3,8-9H2,1-2H3,(H2,20,22)(H,21,23). The van der Waals surface area contributed by atoms with Crippen LogP contribution in [0.1, 0.15) is 29.9 Å². The molecule has 0 saturated carbocycles. The van der Waals surface area contributed by atoms with Crippen molar-refractivity contribution in [3.05, 3.63) is 35.2 Å². The average molecular weight is 374 g/mol. The zero-order valence-electron chi connectivity index (χ0n) is 14.8. The first-order valence-electron chi connectivity index (χ1n) is 8.59. The molecule has 1 aliphatic heterocycles. The highest BCUT2D eigenvalue weighted by molar-refractivity contribution is 7.17. The van der Waals surface area contributed by atoms with Gasteiger partial charge >= 0.3 is 0 Å². The van der Waals surface area contributed by atoms with Crippen LogP contribution in [0.15, 0.2) is 30.3 Å². The molecule has 0 aliphatic carbocycles. The first-order chi connectivity index (χ1) is 12.5. The third-order valence-corrected chi connectivity index (χ3v) is 5.60. The highest BCUT2D eigenvalue weighted by Crippen LogP contribution is 2.36. The Labute approximate surface area is 156 Å². The van der Waals surface area contributed by atoms with E-state index in [0.717, 1.165) is 22.6 Å². The second-order valence-corrected chi connectivity index (χ2v) is 7.35. The lowest BCUT2D eigenvalue weighted by Crippen LogP contribution is -2.48. The summed E-state index contributed by atoms with van der Waals surface area (Å²) in [6.07, 6.45) is 0.751. The molecule has 2 heterocycles. The molecule has 2 atom stereocenters. The molecular formula is C19H22N2O4S. The van der Waals surface area contributed by atoms with Crippen LogP contribution in [0, 0.1) is 5.92 Å². The van der Waals surface area contributed by atoms with Gasteiger partial charge in [-0.1, -0.05) is 20.3 Å². The molecule has 3 rings (SSSR count). The molecule has 1 aromatic heterocycles. The lowest BCUT2D eigenvalue weighted by molar-refractivity contribution is -0.120. The summed E-state index contributed by atoms with van der Waals surface area (Å²) >= 11 is 1.36. The number of thiophene rings is 1. The highest BCUT2D eigenvalue weighted by atomic mass is 32.1. The van der Waals surface area contributed by atoms with E-state index in [1.54, 1.807) is 6.07 Å². The molecule has 0 spiro atoms. The van der Waals surface area contributed by atoms with E-state index in [0.29, 0.717) is 23.8 Å². The van der Waals surface area contributed by atoms with E-state index in [1.165, 1.54) is 11.3 Å². The van der Waals surface area contributed by atoms with Gasteiger partial charge in [0, 0.05) is 4.88 Å². The Bertz CT molecular complexity index is 818. The minimum absolute atomic E-state index is 0.0197. The number of hydrogen-bond acceptors (Lipinski definition) is 5. The van der Waals surface area contributed by atoms with Gasteiger partial charge in [0.15, 0.2) is 11.5 Å². The van der Waals surface area contributed by atoms with Crippen LogP contribution in [0.4, 0.5) is 0 Å².